The molecular weight excluding hydrogens is 186 g/mol. The van der Waals surface area contributed by atoms with Crippen molar-refractivity contribution in [3.63, 3.8) is 0 Å². The SMILES string of the molecule is C[C@H](C=NO)c1cccc2ccccc12. The van der Waals surface area contributed by atoms with Gasteiger partial charge in [-0.2, -0.15) is 0 Å². The highest BCUT2D eigenvalue weighted by atomic mass is 16.4. The van der Waals surface area contributed by atoms with E-state index in [4.69, 9.17) is 5.21 Å². The van der Waals surface area contributed by atoms with Gasteiger partial charge < -0.3 is 5.21 Å². The maximum absolute atomic E-state index is 8.54. The first-order valence-electron chi connectivity index (χ1n) is 4.98. The standard InChI is InChI=1S/C13H13NO/c1-10(9-14-15)12-8-4-6-11-5-2-3-7-13(11)12/h2-10,15H,1H3/t10-/m1/s1. The van der Waals surface area contributed by atoms with E-state index < -0.39 is 0 Å². The van der Waals surface area contributed by atoms with E-state index in [1.165, 1.54) is 16.3 Å². The van der Waals surface area contributed by atoms with Crippen LogP contribution in [0.1, 0.15) is 18.4 Å². The normalized spacial score (nSPS) is 13.4. The van der Waals surface area contributed by atoms with Gasteiger partial charge in [0.15, 0.2) is 0 Å². The van der Waals surface area contributed by atoms with Gasteiger partial charge in [-0.15, -0.1) is 5.16 Å². The Bertz CT molecular complexity index is 485. The molecule has 0 aliphatic carbocycles. The Morgan fingerprint density at radius 1 is 1.13 bits per heavy atom. The van der Waals surface area contributed by atoms with E-state index in [2.05, 4.69) is 29.4 Å². The van der Waals surface area contributed by atoms with Crippen LogP contribution in [0.15, 0.2) is 47.6 Å². The van der Waals surface area contributed by atoms with Gasteiger partial charge in [-0.1, -0.05) is 49.4 Å². The summed E-state index contributed by atoms with van der Waals surface area (Å²) in [6.45, 7) is 2.02. The monoisotopic (exact) mass is 199 g/mol. The third-order valence-electron chi connectivity index (χ3n) is 2.60. The highest BCUT2D eigenvalue weighted by Gasteiger charge is 2.06. The average Bonchev–Trinajstić information content (AvgIpc) is 2.28. The van der Waals surface area contributed by atoms with Crippen LogP contribution in [0.4, 0.5) is 0 Å². The number of nitrogens with zero attached hydrogens (tertiary/aromatic N) is 1. The van der Waals surface area contributed by atoms with Crippen molar-refractivity contribution >= 4 is 17.0 Å². The molecule has 0 fully saturated rings. The lowest BCUT2D eigenvalue weighted by Gasteiger charge is -2.09. The summed E-state index contributed by atoms with van der Waals surface area (Å²) < 4.78 is 0. The maximum Gasteiger partial charge on any atom is 0.0508 e. The van der Waals surface area contributed by atoms with E-state index in [0.29, 0.717) is 0 Å². The number of rotatable bonds is 2. The van der Waals surface area contributed by atoms with Crippen molar-refractivity contribution in [2.75, 3.05) is 0 Å². The van der Waals surface area contributed by atoms with Gasteiger partial charge in [0.1, 0.15) is 0 Å². The highest BCUT2D eigenvalue weighted by Crippen LogP contribution is 2.24. The van der Waals surface area contributed by atoms with E-state index in [1.54, 1.807) is 6.21 Å². The van der Waals surface area contributed by atoms with Crippen molar-refractivity contribution in [1.29, 1.82) is 0 Å². The van der Waals surface area contributed by atoms with Crippen LogP contribution in [0, 0.1) is 0 Å². The second-order valence-corrected chi connectivity index (χ2v) is 3.62. The molecule has 2 rings (SSSR count). The molecule has 76 valence electrons. The maximum atomic E-state index is 8.54. The van der Waals surface area contributed by atoms with Gasteiger partial charge >= 0.3 is 0 Å². The Morgan fingerprint density at radius 3 is 2.67 bits per heavy atom. The zero-order chi connectivity index (χ0) is 10.7. The summed E-state index contributed by atoms with van der Waals surface area (Å²) in [5, 5.41) is 14.1. The second kappa shape index (κ2) is 4.13. The smallest absolute Gasteiger partial charge is 0.0508 e. The molecule has 0 aromatic heterocycles. The van der Waals surface area contributed by atoms with E-state index >= 15 is 0 Å². The van der Waals surface area contributed by atoms with Gasteiger partial charge in [-0.25, -0.2) is 0 Å². The summed E-state index contributed by atoms with van der Waals surface area (Å²) in [6, 6.07) is 14.4. The molecule has 0 aliphatic rings. The Balaban J connectivity index is 2.60. The molecule has 0 heterocycles. The van der Waals surface area contributed by atoms with E-state index in [0.717, 1.165) is 0 Å². The lowest BCUT2D eigenvalue weighted by molar-refractivity contribution is 0.320. The Morgan fingerprint density at radius 2 is 1.87 bits per heavy atom. The van der Waals surface area contributed by atoms with Gasteiger partial charge in [-0.05, 0) is 16.3 Å². The molecule has 1 atom stereocenters. The minimum atomic E-state index is 0.126. The zero-order valence-electron chi connectivity index (χ0n) is 8.59. The van der Waals surface area contributed by atoms with Crippen LogP contribution in [-0.2, 0) is 0 Å². The van der Waals surface area contributed by atoms with E-state index in [1.807, 2.05) is 25.1 Å². The predicted octanol–water partition coefficient (Wildman–Crippen LogP) is 3.40. The fourth-order valence-electron chi connectivity index (χ4n) is 1.83. The summed E-state index contributed by atoms with van der Waals surface area (Å²) in [5.74, 6) is 0.126. The van der Waals surface area contributed by atoms with Crippen LogP contribution in [0.3, 0.4) is 0 Å². The molecule has 2 aromatic rings. The predicted molar refractivity (Wildman–Crippen MR) is 62.6 cm³/mol. The van der Waals surface area contributed by atoms with Crippen molar-refractivity contribution in [2.45, 2.75) is 12.8 Å². The Labute approximate surface area is 88.9 Å². The topological polar surface area (TPSA) is 32.6 Å². The van der Waals surface area contributed by atoms with Crippen molar-refractivity contribution in [1.82, 2.24) is 0 Å². The third kappa shape index (κ3) is 1.84. The summed E-state index contributed by atoms with van der Waals surface area (Å²) in [6.07, 6.45) is 1.54. The van der Waals surface area contributed by atoms with Crippen LogP contribution in [0.5, 0.6) is 0 Å². The number of hydrogen-bond acceptors (Lipinski definition) is 2. The fourth-order valence-corrected chi connectivity index (χ4v) is 1.83. The molecule has 1 N–H and O–H groups in total. The van der Waals surface area contributed by atoms with Crippen molar-refractivity contribution < 1.29 is 5.21 Å². The summed E-state index contributed by atoms with van der Waals surface area (Å²) >= 11 is 0. The number of hydrogen-bond donors (Lipinski definition) is 1. The second-order valence-electron chi connectivity index (χ2n) is 3.62. The number of benzene rings is 2. The largest absolute Gasteiger partial charge is 0.411 e. The van der Waals surface area contributed by atoms with E-state index in [9.17, 15) is 0 Å². The molecule has 0 saturated carbocycles. The van der Waals surface area contributed by atoms with Crippen LogP contribution in [0.25, 0.3) is 10.8 Å². The molecule has 2 heteroatoms. The quantitative estimate of drug-likeness (QED) is 0.448. The third-order valence-corrected chi connectivity index (χ3v) is 2.60. The number of oxime groups is 1. The van der Waals surface area contributed by atoms with Crippen molar-refractivity contribution in [2.24, 2.45) is 5.16 Å². The molecule has 2 aromatic carbocycles. The first-order valence-corrected chi connectivity index (χ1v) is 4.98. The lowest BCUT2D eigenvalue weighted by Crippen LogP contribution is -1.95. The molecule has 0 spiro atoms. The molecule has 0 radical (unpaired) electrons. The highest BCUT2D eigenvalue weighted by molar-refractivity contribution is 5.88. The zero-order valence-corrected chi connectivity index (χ0v) is 8.59. The summed E-state index contributed by atoms with van der Waals surface area (Å²) in [4.78, 5) is 0. The Kier molecular flexibility index (Phi) is 2.68. The van der Waals surface area contributed by atoms with E-state index in [-0.39, 0.29) is 5.92 Å². The molecule has 0 bridgehead atoms. The van der Waals surface area contributed by atoms with Gasteiger partial charge in [0.25, 0.3) is 0 Å². The molecule has 0 unspecified atom stereocenters. The van der Waals surface area contributed by atoms with Gasteiger partial charge in [0.2, 0.25) is 0 Å². The minimum Gasteiger partial charge on any atom is -0.411 e. The van der Waals surface area contributed by atoms with Crippen molar-refractivity contribution in [3.8, 4) is 0 Å². The van der Waals surface area contributed by atoms with Crippen LogP contribution in [-0.4, -0.2) is 11.4 Å². The Hall–Kier alpha value is -1.83. The molecule has 0 aliphatic heterocycles. The lowest BCUT2D eigenvalue weighted by atomic mass is 9.96. The number of fused-ring (bicyclic) bond motifs is 1. The molecule has 2 nitrogen and oxygen atoms in total. The van der Waals surface area contributed by atoms with Crippen LogP contribution >= 0.6 is 0 Å². The summed E-state index contributed by atoms with van der Waals surface area (Å²) in [5.41, 5.74) is 1.19. The summed E-state index contributed by atoms with van der Waals surface area (Å²) in [7, 11) is 0. The van der Waals surface area contributed by atoms with Gasteiger partial charge in [0.05, 0.1) is 6.21 Å². The van der Waals surface area contributed by atoms with Crippen LogP contribution in [0.2, 0.25) is 0 Å². The molecule has 0 saturated heterocycles. The molecular formula is C13H13NO. The first-order chi connectivity index (χ1) is 7.33. The fraction of sp³-hybridized carbons (Fsp3) is 0.154. The van der Waals surface area contributed by atoms with Gasteiger partial charge in [0, 0.05) is 5.92 Å². The molecule has 0 amide bonds. The minimum absolute atomic E-state index is 0.126. The van der Waals surface area contributed by atoms with Crippen LogP contribution < -0.4 is 0 Å². The molecule has 15 heavy (non-hydrogen) atoms. The first kappa shape index (κ1) is 9.71. The van der Waals surface area contributed by atoms with Gasteiger partial charge in [-0.3, -0.25) is 0 Å². The average molecular weight is 199 g/mol. The van der Waals surface area contributed by atoms with Crippen molar-refractivity contribution in [3.05, 3.63) is 48.0 Å².